The molecule has 2 rings (SSSR count). The van der Waals surface area contributed by atoms with E-state index in [1.54, 1.807) is 0 Å². The van der Waals surface area contributed by atoms with E-state index in [-0.39, 0.29) is 11.3 Å². The van der Waals surface area contributed by atoms with Crippen LogP contribution in [0.5, 0.6) is 0 Å². The fourth-order valence-corrected chi connectivity index (χ4v) is 3.14. The zero-order chi connectivity index (χ0) is 16.3. The molecule has 6 nitrogen and oxygen atoms in total. The van der Waals surface area contributed by atoms with Gasteiger partial charge in [-0.3, -0.25) is 14.4 Å². The van der Waals surface area contributed by atoms with Gasteiger partial charge in [-0.05, 0) is 47.1 Å². The van der Waals surface area contributed by atoms with Crippen molar-refractivity contribution in [2.45, 2.75) is 47.1 Å². The zero-order valence-electron chi connectivity index (χ0n) is 13.9. The molecule has 0 aromatic carbocycles. The summed E-state index contributed by atoms with van der Waals surface area (Å²) < 4.78 is 1.89. The van der Waals surface area contributed by atoms with E-state index in [1.807, 2.05) is 32.4 Å². The van der Waals surface area contributed by atoms with Crippen LogP contribution >= 0.6 is 0 Å². The zero-order valence-corrected chi connectivity index (χ0v) is 13.9. The highest BCUT2D eigenvalue weighted by Crippen LogP contribution is 2.28. The van der Waals surface area contributed by atoms with Crippen LogP contribution in [0.15, 0.2) is 0 Å². The molecule has 0 saturated carbocycles. The Morgan fingerprint density at radius 1 is 1.50 bits per heavy atom. The summed E-state index contributed by atoms with van der Waals surface area (Å²) in [5, 5.41) is 16.6. The lowest BCUT2D eigenvalue weighted by molar-refractivity contribution is -0.117. The first kappa shape index (κ1) is 16.5. The van der Waals surface area contributed by atoms with Crippen LogP contribution in [0.3, 0.4) is 0 Å². The lowest BCUT2D eigenvalue weighted by atomic mass is 9.83. The summed E-state index contributed by atoms with van der Waals surface area (Å²) >= 11 is 0. The van der Waals surface area contributed by atoms with E-state index in [2.05, 4.69) is 21.4 Å². The van der Waals surface area contributed by atoms with Gasteiger partial charge in [-0.1, -0.05) is 0 Å². The highest BCUT2D eigenvalue weighted by Gasteiger charge is 2.31. The summed E-state index contributed by atoms with van der Waals surface area (Å²) in [7, 11) is 0. The number of nitrogens with zero attached hydrogens (tertiary/aromatic N) is 4. The van der Waals surface area contributed by atoms with E-state index >= 15 is 0 Å². The van der Waals surface area contributed by atoms with E-state index in [0.717, 1.165) is 43.0 Å². The molecule has 1 aromatic heterocycles. The van der Waals surface area contributed by atoms with Gasteiger partial charge in [0, 0.05) is 13.1 Å². The molecule has 22 heavy (non-hydrogen) atoms. The van der Waals surface area contributed by atoms with Crippen molar-refractivity contribution in [1.29, 1.82) is 5.26 Å². The van der Waals surface area contributed by atoms with Gasteiger partial charge in [-0.15, -0.1) is 0 Å². The Hall–Kier alpha value is -1.87. The Balaban J connectivity index is 1.99. The first-order chi connectivity index (χ1) is 10.4. The molecule has 1 aliphatic rings. The van der Waals surface area contributed by atoms with Crippen molar-refractivity contribution >= 4 is 11.6 Å². The van der Waals surface area contributed by atoms with Crippen LogP contribution in [0.1, 0.15) is 38.1 Å². The third-order valence-corrected chi connectivity index (χ3v) is 4.36. The minimum atomic E-state index is -0.336. The highest BCUT2D eigenvalue weighted by atomic mass is 16.2. The smallest absolute Gasteiger partial charge is 0.238 e. The lowest BCUT2D eigenvalue weighted by Gasteiger charge is -2.35. The van der Waals surface area contributed by atoms with Crippen molar-refractivity contribution in [2.75, 3.05) is 25.0 Å². The topological polar surface area (TPSA) is 74.0 Å². The van der Waals surface area contributed by atoms with Gasteiger partial charge >= 0.3 is 0 Å². The van der Waals surface area contributed by atoms with Crippen molar-refractivity contribution in [3.05, 3.63) is 11.4 Å². The van der Waals surface area contributed by atoms with Crippen LogP contribution in [-0.2, 0) is 11.3 Å². The van der Waals surface area contributed by atoms with Crippen molar-refractivity contribution < 1.29 is 4.79 Å². The molecule has 6 heteroatoms. The van der Waals surface area contributed by atoms with Crippen LogP contribution in [0, 0.1) is 30.6 Å². The van der Waals surface area contributed by atoms with E-state index in [4.69, 9.17) is 0 Å². The number of nitrogens with one attached hydrogen (secondary N) is 1. The van der Waals surface area contributed by atoms with Gasteiger partial charge in [0.2, 0.25) is 5.91 Å². The van der Waals surface area contributed by atoms with Gasteiger partial charge in [0.15, 0.2) is 0 Å². The number of rotatable bonds is 4. The number of likely N-dealkylation sites (tertiary alicyclic amines) is 1. The average Bonchev–Trinajstić information content (AvgIpc) is 2.75. The number of hydrogen-bond acceptors (Lipinski definition) is 4. The quantitative estimate of drug-likeness (QED) is 0.924. The fraction of sp³-hybridized carbons (Fsp3) is 0.688. The third kappa shape index (κ3) is 3.47. The maximum absolute atomic E-state index is 12.3. The molecular weight excluding hydrogens is 278 g/mol. The van der Waals surface area contributed by atoms with E-state index < -0.39 is 0 Å². The van der Waals surface area contributed by atoms with Crippen molar-refractivity contribution in [2.24, 2.45) is 5.41 Å². The number of hydrogen-bond donors (Lipinski definition) is 1. The summed E-state index contributed by atoms with van der Waals surface area (Å²) in [6, 6.07) is 2.38. The number of aryl methyl sites for hydroxylation is 2. The number of amides is 1. The fourth-order valence-electron chi connectivity index (χ4n) is 3.14. The number of piperidine rings is 1. The molecule has 1 aliphatic heterocycles. The second kappa shape index (κ2) is 6.49. The standard InChI is InChI=1S/C16H25N5O/c1-5-21-13(3)15(12(2)19-21)18-14(22)9-20-8-6-7-16(4,10-17)11-20/h5-9,11H2,1-4H3,(H,18,22). The summed E-state index contributed by atoms with van der Waals surface area (Å²) in [5.74, 6) is -0.0379. The van der Waals surface area contributed by atoms with Gasteiger partial charge in [-0.2, -0.15) is 10.4 Å². The number of aromatic nitrogens is 2. The van der Waals surface area contributed by atoms with Crippen LogP contribution in [0.4, 0.5) is 5.69 Å². The van der Waals surface area contributed by atoms with E-state index in [9.17, 15) is 10.1 Å². The van der Waals surface area contributed by atoms with Gasteiger partial charge in [0.25, 0.3) is 0 Å². The summed E-state index contributed by atoms with van der Waals surface area (Å²) in [4.78, 5) is 14.4. The molecule has 0 bridgehead atoms. The molecule has 0 aliphatic carbocycles. The number of nitriles is 1. The normalized spacial score (nSPS) is 22.3. The molecule has 1 aromatic rings. The first-order valence-electron chi connectivity index (χ1n) is 7.86. The van der Waals surface area contributed by atoms with E-state index in [0.29, 0.717) is 13.1 Å². The number of carbonyl (C=O) groups is 1. The Labute approximate surface area is 132 Å². The summed E-state index contributed by atoms with van der Waals surface area (Å²) in [5.41, 5.74) is 2.30. The predicted octanol–water partition coefficient (Wildman–Crippen LogP) is 2.08. The molecule has 0 radical (unpaired) electrons. The maximum atomic E-state index is 12.3. The molecule has 1 fully saturated rings. The molecule has 0 spiro atoms. The van der Waals surface area contributed by atoms with Gasteiger partial charge < -0.3 is 5.32 Å². The van der Waals surface area contributed by atoms with Gasteiger partial charge in [0.1, 0.15) is 0 Å². The minimum Gasteiger partial charge on any atom is -0.322 e. The lowest BCUT2D eigenvalue weighted by Crippen LogP contribution is -2.44. The predicted molar refractivity (Wildman–Crippen MR) is 85.4 cm³/mol. The third-order valence-electron chi connectivity index (χ3n) is 4.36. The average molecular weight is 303 g/mol. The highest BCUT2D eigenvalue weighted by molar-refractivity contribution is 5.93. The summed E-state index contributed by atoms with van der Waals surface area (Å²) in [6.07, 6.45) is 1.87. The van der Waals surface area contributed by atoms with Crippen LogP contribution in [0.25, 0.3) is 0 Å². The van der Waals surface area contributed by atoms with Crippen molar-refractivity contribution in [3.8, 4) is 6.07 Å². The molecule has 1 amide bonds. The SMILES string of the molecule is CCn1nc(C)c(NC(=O)CN2CCCC(C)(C#N)C2)c1C. The molecular formula is C16H25N5O. The van der Waals surface area contributed by atoms with Crippen LogP contribution in [-0.4, -0.2) is 40.2 Å². The molecule has 1 unspecified atom stereocenters. The molecule has 120 valence electrons. The Bertz CT molecular complexity index is 600. The van der Waals surface area contributed by atoms with Gasteiger partial charge in [0.05, 0.1) is 35.1 Å². The molecule has 1 saturated heterocycles. The van der Waals surface area contributed by atoms with Crippen LogP contribution < -0.4 is 5.32 Å². The monoisotopic (exact) mass is 303 g/mol. The van der Waals surface area contributed by atoms with E-state index in [1.165, 1.54) is 0 Å². The van der Waals surface area contributed by atoms with Crippen molar-refractivity contribution in [3.63, 3.8) is 0 Å². The number of carbonyl (C=O) groups excluding carboxylic acids is 1. The maximum Gasteiger partial charge on any atom is 0.238 e. The number of anilines is 1. The van der Waals surface area contributed by atoms with Gasteiger partial charge in [-0.25, -0.2) is 0 Å². The molecule has 2 heterocycles. The first-order valence-corrected chi connectivity index (χ1v) is 7.86. The van der Waals surface area contributed by atoms with Crippen molar-refractivity contribution in [1.82, 2.24) is 14.7 Å². The largest absolute Gasteiger partial charge is 0.322 e. The second-order valence-corrected chi connectivity index (χ2v) is 6.40. The molecule has 1 atom stereocenters. The Morgan fingerprint density at radius 3 is 2.82 bits per heavy atom. The molecule has 1 N–H and O–H groups in total. The second-order valence-electron chi connectivity index (χ2n) is 6.40. The minimum absolute atomic E-state index is 0.0379. The summed E-state index contributed by atoms with van der Waals surface area (Å²) in [6.45, 7) is 10.5. The van der Waals surface area contributed by atoms with Crippen LogP contribution in [0.2, 0.25) is 0 Å². The Kier molecular flexibility index (Phi) is 4.87. The Morgan fingerprint density at radius 2 is 2.23 bits per heavy atom.